The molecule has 1 aromatic carbocycles. The first-order valence-electron chi connectivity index (χ1n) is 6.15. The molecule has 0 heterocycles. The molecule has 92 valence electrons. The molecule has 17 heavy (non-hydrogen) atoms. The summed E-state index contributed by atoms with van der Waals surface area (Å²) in [6.45, 7) is 1.29. The van der Waals surface area contributed by atoms with Crippen LogP contribution in [0.2, 0.25) is 0 Å². The van der Waals surface area contributed by atoms with E-state index in [1.165, 1.54) is 19.3 Å². The Morgan fingerprint density at radius 3 is 2.88 bits per heavy atom. The standard InChI is InChI=1S/C14H18O3/c15-14(16)13-6-2-5-12(9-13)10-17-8-7-11-3-1-4-11/h2,5-6,9,11H,1,3-4,7-8,10H2,(H,15,16). The molecule has 0 spiro atoms. The maximum absolute atomic E-state index is 10.8. The van der Waals surface area contributed by atoms with Gasteiger partial charge in [0.05, 0.1) is 12.2 Å². The van der Waals surface area contributed by atoms with E-state index < -0.39 is 5.97 Å². The first-order valence-corrected chi connectivity index (χ1v) is 6.15. The van der Waals surface area contributed by atoms with E-state index in [2.05, 4.69) is 0 Å². The van der Waals surface area contributed by atoms with Crippen molar-refractivity contribution in [1.82, 2.24) is 0 Å². The van der Waals surface area contributed by atoms with Gasteiger partial charge in [0.15, 0.2) is 0 Å². The van der Waals surface area contributed by atoms with Crippen LogP contribution in [-0.4, -0.2) is 17.7 Å². The predicted molar refractivity (Wildman–Crippen MR) is 65.0 cm³/mol. The molecule has 0 amide bonds. The van der Waals surface area contributed by atoms with Crippen molar-refractivity contribution in [3.63, 3.8) is 0 Å². The highest BCUT2D eigenvalue weighted by molar-refractivity contribution is 5.87. The summed E-state index contributed by atoms with van der Waals surface area (Å²) in [5.74, 6) is -0.0262. The average Bonchev–Trinajstić information content (AvgIpc) is 2.27. The third kappa shape index (κ3) is 3.56. The molecule has 0 unspecified atom stereocenters. The topological polar surface area (TPSA) is 46.5 Å². The number of hydrogen-bond acceptors (Lipinski definition) is 2. The minimum Gasteiger partial charge on any atom is -0.478 e. The summed E-state index contributed by atoms with van der Waals surface area (Å²) in [7, 11) is 0. The van der Waals surface area contributed by atoms with Gasteiger partial charge in [-0.15, -0.1) is 0 Å². The van der Waals surface area contributed by atoms with E-state index >= 15 is 0 Å². The van der Waals surface area contributed by atoms with Crippen LogP contribution in [0.15, 0.2) is 24.3 Å². The Labute approximate surface area is 101 Å². The smallest absolute Gasteiger partial charge is 0.335 e. The maximum Gasteiger partial charge on any atom is 0.335 e. The van der Waals surface area contributed by atoms with Gasteiger partial charge in [-0.2, -0.15) is 0 Å². The number of ether oxygens (including phenoxy) is 1. The van der Waals surface area contributed by atoms with Gasteiger partial charge in [0, 0.05) is 6.61 Å². The summed E-state index contributed by atoms with van der Waals surface area (Å²) in [4.78, 5) is 10.8. The predicted octanol–water partition coefficient (Wildman–Crippen LogP) is 3.09. The van der Waals surface area contributed by atoms with Crippen LogP contribution >= 0.6 is 0 Å². The van der Waals surface area contributed by atoms with Crippen LogP contribution in [0, 0.1) is 5.92 Å². The van der Waals surface area contributed by atoms with Gasteiger partial charge < -0.3 is 9.84 Å². The Kier molecular flexibility index (Phi) is 4.15. The Hall–Kier alpha value is -1.35. The monoisotopic (exact) mass is 234 g/mol. The van der Waals surface area contributed by atoms with E-state index in [9.17, 15) is 4.79 Å². The van der Waals surface area contributed by atoms with E-state index in [4.69, 9.17) is 9.84 Å². The zero-order chi connectivity index (χ0) is 12.1. The van der Waals surface area contributed by atoms with Crippen LogP contribution in [0.5, 0.6) is 0 Å². The molecular formula is C14H18O3. The second kappa shape index (κ2) is 5.82. The van der Waals surface area contributed by atoms with Gasteiger partial charge >= 0.3 is 5.97 Å². The SMILES string of the molecule is O=C(O)c1cccc(COCCC2CCC2)c1. The van der Waals surface area contributed by atoms with Gasteiger partial charge in [0.1, 0.15) is 0 Å². The second-order valence-corrected chi connectivity index (χ2v) is 4.64. The fraction of sp³-hybridized carbons (Fsp3) is 0.500. The molecule has 1 N–H and O–H groups in total. The summed E-state index contributed by atoms with van der Waals surface area (Å²) in [6, 6.07) is 6.93. The van der Waals surface area contributed by atoms with Crippen LogP contribution in [0.1, 0.15) is 41.6 Å². The fourth-order valence-corrected chi connectivity index (χ4v) is 2.02. The van der Waals surface area contributed by atoms with Crippen LogP contribution in [0.3, 0.4) is 0 Å². The van der Waals surface area contributed by atoms with Crippen molar-refractivity contribution in [1.29, 1.82) is 0 Å². The van der Waals surface area contributed by atoms with Gasteiger partial charge in [-0.3, -0.25) is 0 Å². The third-order valence-corrected chi connectivity index (χ3v) is 3.34. The molecule has 1 aliphatic rings. The molecule has 0 bridgehead atoms. The first-order chi connectivity index (χ1) is 8.25. The molecule has 0 aliphatic heterocycles. The summed E-state index contributed by atoms with van der Waals surface area (Å²) in [5.41, 5.74) is 1.25. The van der Waals surface area contributed by atoms with Gasteiger partial charge in [-0.25, -0.2) is 4.79 Å². The van der Waals surface area contributed by atoms with E-state index in [1.807, 2.05) is 6.07 Å². The van der Waals surface area contributed by atoms with E-state index in [0.717, 1.165) is 24.5 Å². The van der Waals surface area contributed by atoms with Crippen molar-refractivity contribution in [2.24, 2.45) is 5.92 Å². The molecule has 3 nitrogen and oxygen atoms in total. The maximum atomic E-state index is 10.8. The lowest BCUT2D eigenvalue weighted by molar-refractivity contribution is 0.0696. The molecule has 1 saturated carbocycles. The lowest BCUT2D eigenvalue weighted by Gasteiger charge is -2.24. The summed E-state index contributed by atoms with van der Waals surface area (Å²) < 4.78 is 5.57. The van der Waals surface area contributed by atoms with Crippen molar-refractivity contribution in [2.45, 2.75) is 32.3 Å². The zero-order valence-corrected chi connectivity index (χ0v) is 9.89. The Morgan fingerprint density at radius 2 is 2.24 bits per heavy atom. The van der Waals surface area contributed by atoms with Gasteiger partial charge in [0.25, 0.3) is 0 Å². The minimum absolute atomic E-state index is 0.324. The van der Waals surface area contributed by atoms with E-state index in [-0.39, 0.29) is 0 Å². The van der Waals surface area contributed by atoms with Gasteiger partial charge in [0.2, 0.25) is 0 Å². The van der Waals surface area contributed by atoms with Crippen molar-refractivity contribution in [3.8, 4) is 0 Å². The highest BCUT2D eigenvalue weighted by atomic mass is 16.5. The number of rotatable bonds is 6. The van der Waals surface area contributed by atoms with Gasteiger partial charge in [-0.05, 0) is 30.0 Å². The van der Waals surface area contributed by atoms with Crippen molar-refractivity contribution >= 4 is 5.97 Å². The Balaban J connectivity index is 1.73. The first kappa shape index (κ1) is 12.1. The molecule has 0 aromatic heterocycles. The normalized spacial score (nSPS) is 15.5. The highest BCUT2D eigenvalue weighted by Crippen LogP contribution is 2.29. The largest absolute Gasteiger partial charge is 0.478 e. The van der Waals surface area contributed by atoms with Crippen molar-refractivity contribution in [2.75, 3.05) is 6.61 Å². The van der Waals surface area contributed by atoms with E-state index in [0.29, 0.717) is 12.2 Å². The zero-order valence-electron chi connectivity index (χ0n) is 9.89. The number of hydrogen-bond donors (Lipinski definition) is 1. The van der Waals surface area contributed by atoms with Crippen molar-refractivity contribution in [3.05, 3.63) is 35.4 Å². The molecular weight excluding hydrogens is 216 g/mol. The molecule has 3 heteroatoms. The van der Waals surface area contributed by atoms with Gasteiger partial charge in [-0.1, -0.05) is 31.4 Å². The summed E-state index contributed by atoms with van der Waals surface area (Å²) >= 11 is 0. The van der Waals surface area contributed by atoms with Crippen LogP contribution < -0.4 is 0 Å². The van der Waals surface area contributed by atoms with Crippen molar-refractivity contribution < 1.29 is 14.6 Å². The second-order valence-electron chi connectivity index (χ2n) is 4.64. The Bertz CT molecular complexity index is 383. The highest BCUT2D eigenvalue weighted by Gasteiger charge is 2.16. The van der Waals surface area contributed by atoms with Crippen LogP contribution in [0.4, 0.5) is 0 Å². The van der Waals surface area contributed by atoms with E-state index in [1.54, 1.807) is 18.2 Å². The molecule has 0 atom stereocenters. The number of carboxylic acid groups (broad SMARTS) is 1. The third-order valence-electron chi connectivity index (χ3n) is 3.34. The van der Waals surface area contributed by atoms with Crippen LogP contribution in [-0.2, 0) is 11.3 Å². The number of benzene rings is 1. The summed E-state index contributed by atoms with van der Waals surface area (Å²) in [5, 5.41) is 8.85. The number of aromatic carboxylic acids is 1. The quantitative estimate of drug-likeness (QED) is 0.769. The fourth-order valence-electron chi connectivity index (χ4n) is 2.02. The lowest BCUT2D eigenvalue weighted by Crippen LogP contribution is -2.13. The minimum atomic E-state index is -0.888. The Morgan fingerprint density at radius 1 is 1.41 bits per heavy atom. The molecule has 1 aliphatic carbocycles. The molecule has 1 fully saturated rings. The van der Waals surface area contributed by atoms with Crippen LogP contribution in [0.25, 0.3) is 0 Å². The lowest BCUT2D eigenvalue weighted by atomic mass is 9.83. The molecule has 0 saturated heterocycles. The average molecular weight is 234 g/mol. The molecule has 1 aromatic rings. The number of carbonyl (C=O) groups is 1. The molecule has 2 rings (SSSR count). The summed E-state index contributed by atoms with van der Waals surface area (Å²) in [6.07, 6.45) is 5.19. The number of carboxylic acids is 1. The molecule has 0 radical (unpaired) electrons.